The van der Waals surface area contributed by atoms with Crippen LogP contribution in [0.15, 0.2) is 36.0 Å². The van der Waals surface area contributed by atoms with Gasteiger partial charge in [0.1, 0.15) is 0 Å². The summed E-state index contributed by atoms with van der Waals surface area (Å²) in [6, 6.07) is 6.58. The number of unbranched alkanes of at least 4 members (excludes halogenated alkanes) is 1. The predicted molar refractivity (Wildman–Crippen MR) is 80.0 cm³/mol. The third-order valence-corrected chi connectivity index (χ3v) is 2.64. The standard InChI is InChI=1S/C14H18ClN3O2/c1-3-4-6-10(2)17-18-14(20)13(19)16-12-8-5-7-11(15)9-12/h5-9,17H,3-4H2,1-2H3,(H,16,19)(H,18,20). The molecular formula is C14H18ClN3O2. The van der Waals surface area contributed by atoms with Crippen LogP contribution in [0.5, 0.6) is 0 Å². The molecule has 2 amide bonds. The van der Waals surface area contributed by atoms with Crippen molar-refractivity contribution in [2.75, 3.05) is 5.32 Å². The molecule has 0 saturated heterocycles. The Bertz CT molecular complexity index is 515. The molecule has 0 saturated carbocycles. The van der Waals surface area contributed by atoms with Crippen LogP contribution in [-0.2, 0) is 9.59 Å². The van der Waals surface area contributed by atoms with Crippen LogP contribution in [0.2, 0.25) is 5.02 Å². The summed E-state index contributed by atoms with van der Waals surface area (Å²) in [6.07, 6.45) is 3.86. The number of carbonyl (C=O) groups excluding carboxylic acids is 2. The van der Waals surface area contributed by atoms with Gasteiger partial charge in [0.25, 0.3) is 0 Å². The molecule has 0 aromatic heterocycles. The van der Waals surface area contributed by atoms with E-state index in [0.29, 0.717) is 10.7 Å². The summed E-state index contributed by atoms with van der Waals surface area (Å²) >= 11 is 5.79. The van der Waals surface area contributed by atoms with Crippen LogP contribution < -0.4 is 16.2 Å². The maximum absolute atomic E-state index is 11.6. The molecule has 0 aliphatic heterocycles. The minimum Gasteiger partial charge on any atom is -0.318 e. The zero-order valence-electron chi connectivity index (χ0n) is 11.5. The SMILES string of the molecule is CCCC=C(C)NNC(=O)C(=O)Nc1cccc(Cl)c1. The van der Waals surface area contributed by atoms with Crippen molar-refractivity contribution in [2.24, 2.45) is 0 Å². The van der Waals surface area contributed by atoms with E-state index in [0.717, 1.165) is 18.5 Å². The fourth-order valence-electron chi connectivity index (χ4n) is 1.38. The number of hydrazine groups is 1. The lowest BCUT2D eigenvalue weighted by molar-refractivity contribution is -0.136. The van der Waals surface area contributed by atoms with Crippen LogP contribution in [0.1, 0.15) is 26.7 Å². The van der Waals surface area contributed by atoms with Crippen LogP contribution >= 0.6 is 11.6 Å². The molecule has 5 nitrogen and oxygen atoms in total. The summed E-state index contributed by atoms with van der Waals surface area (Å²) in [6.45, 7) is 3.87. The number of anilines is 1. The Morgan fingerprint density at radius 3 is 2.65 bits per heavy atom. The molecule has 0 heterocycles. The summed E-state index contributed by atoms with van der Waals surface area (Å²) < 4.78 is 0. The lowest BCUT2D eigenvalue weighted by Crippen LogP contribution is -2.43. The highest BCUT2D eigenvalue weighted by molar-refractivity contribution is 6.39. The van der Waals surface area contributed by atoms with E-state index in [4.69, 9.17) is 11.6 Å². The Balaban J connectivity index is 2.45. The fraction of sp³-hybridized carbons (Fsp3) is 0.286. The molecule has 0 radical (unpaired) electrons. The van der Waals surface area contributed by atoms with E-state index in [1.54, 1.807) is 24.3 Å². The number of hydrogen-bond donors (Lipinski definition) is 3. The quantitative estimate of drug-likeness (QED) is 0.578. The van der Waals surface area contributed by atoms with Crippen LogP contribution in [0.25, 0.3) is 0 Å². The molecule has 3 N–H and O–H groups in total. The zero-order valence-corrected chi connectivity index (χ0v) is 12.3. The van der Waals surface area contributed by atoms with E-state index >= 15 is 0 Å². The van der Waals surface area contributed by atoms with Crippen molar-refractivity contribution in [3.8, 4) is 0 Å². The monoisotopic (exact) mass is 295 g/mol. The van der Waals surface area contributed by atoms with Gasteiger partial charge in [0.2, 0.25) is 0 Å². The molecule has 0 bridgehead atoms. The fourth-order valence-corrected chi connectivity index (χ4v) is 1.57. The topological polar surface area (TPSA) is 70.2 Å². The van der Waals surface area contributed by atoms with Crippen LogP contribution in [-0.4, -0.2) is 11.8 Å². The van der Waals surface area contributed by atoms with E-state index in [1.165, 1.54) is 0 Å². The molecule has 0 spiro atoms. The minimum atomic E-state index is -0.769. The summed E-state index contributed by atoms with van der Waals surface area (Å²) in [4.78, 5) is 23.2. The first kappa shape index (κ1) is 16.0. The van der Waals surface area contributed by atoms with Crippen molar-refractivity contribution in [1.82, 2.24) is 10.9 Å². The molecule has 0 unspecified atom stereocenters. The second-order valence-corrected chi connectivity index (χ2v) is 4.66. The molecule has 1 rings (SSSR count). The number of amides is 2. The first-order chi connectivity index (χ1) is 9.52. The van der Waals surface area contributed by atoms with E-state index in [1.807, 2.05) is 13.0 Å². The van der Waals surface area contributed by atoms with Gasteiger partial charge < -0.3 is 10.7 Å². The van der Waals surface area contributed by atoms with Gasteiger partial charge in [-0.15, -0.1) is 0 Å². The van der Waals surface area contributed by atoms with Crippen molar-refractivity contribution >= 4 is 29.1 Å². The maximum atomic E-state index is 11.6. The number of allylic oxidation sites excluding steroid dienone is 2. The molecular weight excluding hydrogens is 278 g/mol. The van der Waals surface area contributed by atoms with Gasteiger partial charge in [0.05, 0.1) is 0 Å². The molecule has 108 valence electrons. The Hall–Kier alpha value is -2.01. The van der Waals surface area contributed by atoms with Gasteiger partial charge in [-0.05, 0) is 31.5 Å². The zero-order chi connectivity index (χ0) is 15.0. The molecule has 0 fully saturated rings. The summed E-state index contributed by atoms with van der Waals surface area (Å²) in [5.41, 5.74) is 6.25. The van der Waals surface area contributed by atoms with E-state index in [2.05, 4.69) is 23.1 Å². The van der Waals surface area contributed by atoms with Crippen molar-refractivity contribution < 1.29 is 9.59 Å². The summed E-state index contributed by atoms with van der Waals surface area (Å²) in [5.74, 6) is -1.53. The normalized spacial score (nSPS) is 10.8. The van der Waals surface area contributed by atoms with Crippen molar-refractivity contribution in [1.29, 1.82) is 0 Å². The van der Waals surface area contributed by atoms with Gasteiger partial charge in [0, 0.05) is 16.4 Å². The molecule has 0 aliphatic carbocycles. The molecule has 1 aromatic rings. The second kappa shape index (κ2) is 8.22. The average molecular weight is 296 g/mol. The van der Waals surface area contributed by atoms with Crippen molar-refractivity contribution in [3.05, 3.63) is 41.1 Å². The lowest BCUT2D eigenvalue weighted by Gasteiger charge is -2.09. The van der Waals surface area contributed by atoms with Gasteiger partial charge in [0.15, 0.2) is 0 Å². The van der Waals surface area contributed by atoms with Crippen molar-refractivity contribution in [3.63, 3.8) is 0 Å². The van der Waals surface area contributed by atoms with E-state index in [9.17, 15) is 9.59 Å². The van der Waals surface area contributed by atoms with E-state index < -0.39 is 11.8 Å². The summed E-state index contributed by atoms with van der Waals surface area (Å²) in [5, 5.41) is 2.94. The average Bonchev–Trinajstić information content (AvgIpc) is 2.42. The first-order valence-electron chi connectivity index (χ1n) is 6.32. The van der Waals surface area contributed by atoms with Crippen LogP contribution in [0.4, 0.5) is 5.69 Å². The minimum absolute atomic E-state index is 0.468. The van der Waals surface area contributed by atoms with Crippen molar-refractivity contribution in [2.45, 2.75) is 26.7 Å². The van der Waals surface area contributed by atoms with E-state index in [-0.39, 0.29) is 0 Å². The number of hydrogen-bond acceptors (Lipinski definition) is 3. The van der Waals surface area contributed by atoms with Crippen LogP contribution in [0, 0.1) is 0 Å². The third-order valence-electron chi connectivity index (χ3n) is 2.40. The number of rotatable bonds is 5. The molecule has 0 aliphatic rings. The number of benzene rings is 1. The number of nitrogens with one attached hydrogen (secondary N) is 3. The number of halogens is 1. The first-order valence-corrected chi connectivity index (χ1v) is 6.70. The highest BCUT2D eigenvalue weighted by atomic mass is 35.5. The second-order valence-electron chi connectivity index (χ2n) is 4.22. The number of carbonyl (C=O) groups is 2. The summed E-state index contributed by atoms with van der Waals surface area (Å²) in [7, 11) is 0. The molecule has 1 aromatic carbocycles. The van der Waals surface area contributed by atoms with Gasteiger partial charge in [-0.3, -0.25) is 15.0 Å². The smallest absolute Gasteiger partial charge is 0.318 e. The lowest BCUT2D eigenvalue weighted by atomic mass is 10.3. The van der Waals surface area contributed by atoms with Crippen LogP contribution in [0.3, 0.4) is 0 Å². The Kier molecular flexibility index (Phi) is 6.59. The molecule has 0 atom stereocenters. The Labute approximate surface area is 123 Å². The highest BCUT2D eigenvalue weighted by Crippen LogP contribution is 2.14. The Morgan fingerprint density at radius 2 is 2.00 bits per heavy atom. The van der Waals surface area contributed by atoms with Gasteiger partial charge in [-0.25, -0.2) is 0 Å². The molecule has 6 heteroatoms. The largest absolute Gasteiger partial charge is 0.327 e. The maximum Gasteiger partial charge on any atom is 0.327 e. The Morgan fingerprint density at radius 1 is 1.25 bits per heavy atom. The van der Waals surface area contributed by atoms with Gasteiger partial charge in [-0.1, -0.05) is 37.1 Å². The van der Waals surface area contributed by atoms with Gasteiger partial charge >= 0.3 is 11.8 Å². The highest BCUT2D eigenvalue weighted by Gasteiger charge is 2.13. The molecule has 20 heavy (non-hydrogen) atoms. The van der Waals surface area contributed by atoms with Gasteiger partial charge in [-0.2, -0.15) is 0 Å². The predicted octanol–water partition coefficient (Wildman–Crippen LogP) is 2.60. The third kappa shape index (κ3) is 5.75.